The summed E-state index contributed by atoms with van der Waals surface area (Å²) in [5, 5.41) is 0.678. The van der Waals surface area contributed by atoms with Crippen molar-refractivity contribution in [2.45, 2.75) is 26.3 Å². The van der Waals surface area contributed by atoms with E-state index in [0.29, 0.717) is 11.4 Å². The van der Waals surface area contributed by atoms with Crippen LogP contribution in [-0.2, 0) is 6.42 Å². The molecule has 0 radical (unpaired) electrons. The first-order valence-electron chi connectivity index (χ1n) is 6.63. The molecule has 1 atom stereocenters. The van der Waals surface area contributed by atoms with Gasteiger partial charge in [0, 0.05) is 40.0 Å². The highest BCUT2D eigenvalue weighted by molar-refractivity contribution is 9.10. The first kappa shape index (κ1) is 16.3. The molecule has 0 spiro atoms. The van der Waals surface area contributed by atoms with E-state index in [2.05, 4.69) is 20.9 Å². The summed E-state index contributed by atoms with van der Waals surface area (Å²) in [4.78, 5) is 4.49. The molecule has 0 fully saturated rings. The molecule has 0 amide bonds. The maximum atomic E-state index is 6.30. The maximum absolute atomic E-state index is 6.30. The van der Waals surface area contributed by atoms with Crippen molar-refractivity contribution in [2.75, 3.05) is 7.11 Å². The summed E-state index contributed by atoms with van der Waals surface area (Å²) in [6, 6.07) is 5.60. The van der Waals surface area contributed by atoms with Crippen LogP contribution in [0.25, 0.3) is 0 Å². The van der Waals surface area contributed by atoms with E-state index >= 15 is 0 Å². The van der Waals surface area contributed by atoms with Crippen LogP contribution in [0, 0.1) is 13.8 Å². The normalized spacial score (nSPS) is 12.3. The lowest BCUT2D eigenvalue weighted by Crippen LogP contribution is -2.15. The fourth-order valence-corrected chi connectivity index (χ4v) is 2.86. The number of rotatable bonds is 4. The van der Waals surface area contributed by atoms with Crippen molar-refractivity contribution < 1.29 is 4.74 Å². The van der Waals surface area contributed by atoms with Crippen molar-refractivity contribution in [2.24, 2.45) is 5.73 Å². The van der Waals surface area contributed by atoms with Crippen molar-refractivity contribution in [3.8, 4) is 5.75 Å². The van der Waals surface area contributed by atoms with Gasteiger partial charge in [-0.25, -0.2) is 0 Å². The third-order valence-corrected chi connectivity index (χ3v) is 4.75. The van der Waals surface area contributed by atoms with Crippen molar-refractivity contribution in [1.82, 2.24) is 4.98 Å². The van der Waals surface area contributed by atoms with Crippen LogP contribution in [-0.4, -0.2) is 12.1 Å². The summed E-state index contributed by atoms with van der Waals surface area (Å²) in [5.41, 5.74) is 10.3. The number of aryl methyl sites for hydroxylation is 1. The standard InChI is InChI=1S/C16H18BrClN2O/c1-9-8-20-15(10(2)16(9)21-3)7-14(19)11-4-5-13(18)12(17)6-11/h4-6,8,14H,7,19H2,1-3H3. The van der Waals surface area contributed by atoms with Gasteiger partial charge in [0.2, 0.25) is 0 Å². The molecule has 2 aromatic rings. The van der Waals surface area contributed by atoms with E-state index in [1.165, 1.54) is 0 Å². The second kappa shape index (κ2) is 6.77. The minimum absolute atomic E-state index is 0.142. The highest BCUT2D eigenvalue weighted by atomic mass is 79.9. The lowest BCUT2D eigenvalue weighted by atomic mass is 9.99. The smallest absolute Gasteiger partial charge is 0.128 e. The maximum Gasteiger partial charge on any atom is 0.128 e. The molecular formula is C16H18BrClN2O. The molecule has 0 bridgehead atoms. The molecular weight excluding hydrogens is 352 g/mol. The monoisotopic (exact) mass is 368 g/mol. The Morgan fingerprint density at radius 3 is 2.71 bits per heavy atom. The Kier molecular flexibility index (Phi) is 5.25. The Morgan fingerprint density at radius 2 is 2.10 bits per heavy atom. The molecule has 3 nitrogen and oxygen atoms in total. The van der Waals surface area contributed by atoms with E-state index in [1.807, 2.05) is 38.2 Å². The molecule has 0 aliphatic rings. The summed E-state index contributed by atoms with van der Waals surface area (Å²) >= 11 is 9.43. The minimum Gasteiger partial charge on any atom is -0.496 e. The fourth-order valence-electron chi connectivity index (χ4n) is 2.35. The predicted molar refractivity (Wildman–Crippen MR) is 90.0 cm³/mol. The zero-order valence-electron chi connectivity index (χ0n) is 12.3. The van der Waals surface area contributed by atoms with Crippen LogP contribution in [0.5, 0.6) is 5.75 Å². The molecule has 1 aromatic heterocycles. The van der Waals surface area contributed by atoms with Gasteiger partial charge in [-0.2, -0.15) is 0 Å². The molecule has 1 unspecified atom stereocenters. The lowest BCUT2D eigenvalue weighted by molar-refractivity contribution is 0.406. The molecule has 1 heterocycles. The van der Waals surface area contributed by atoms with E-state index in [9.17, 15) is 0 Å². The minimum atomic E-state index is -0.142. The molecule has 1 aromatic carbocycles. The Balaban J connectivity index is 2.27. The van der Waals surface area contributed by atoms with Crippen LogP contribution in [0.2, 0.25) is 5.02 Å². The van der Waals surface area contributed by atoms with E-state index in [4.69, 9.17) is 22.1 Å². The van der Waals surface area contributed by atoms with Crippen molar-refractivity contribution in [1.29, 1.82) is 0 Å². The molecule has 0 aliphatic heterocycles. The topological polar surface area (TPSA) is 48.1 Å². The summed E-state index contributed by atoms with van der Waals surface area (Å²) in [6.07, 6.45) is 2.47. The highest BCUT2D eigenvalue weighted by Gasteiger charge is 2.14. The van der Waals surface area contributed by atoms with Gasteiger partial charge in [-0.15, -0.1) is 0 Å². The number of hydrogen-bond donors (Lipinski definition) is 1. The SMILES string of the molecule is COc1c(C)cnc(CC(N)c2ccc(Cl)c(Br)c2)c1C. The average molecular weight is 370 g/mol. The largest absolute Gasteiger partial charge is 0.496 e. The Morgan fingerprint density at radius 1 is 1.38 bits per heavy atom. The van der Waals surface area contributed by atoms with Crippen LogP contribution < -0.4 is 10.5 Å². The van der Waals surface area contributed by atoms with E-state index in [1.54, 1.807) is 7.11 Å². The van der Waals surface area contributed by atoms with Gasteiger partial charge in [-0.05, 0) is 47.5 Å². The molecule has 0 saturated heterocycles. The van der Waals surface area contributed by atoms with Gasteiger partial charge in [-0.1, -0.05) is 17.7 Å². The summed E-state index contributed by atoms with van der Waals surface area (Å²) in [7, 11) is 1.68. The van der Waals surface area contributed by atoms with Crippen molar-refractivity contribution in [3.05, 3.63) is 56.3 Å². The van der Waals surface area contributed by atoms with Crippen molar-refractivity contribution >= 4 is 27.5 Å². The Labute approximate surface area is 138 Å². The number of halogens is 2. The van der Waals surface area contributed by atoms with Crippen LogP contribution in [0.1, 0.15) is 28.4 Å². The molecule has 112 valence electrons. The number of aromatic nitrogens is 1. The van der Waals surface area contributed by atoms with Gasteiger partial charge in [0.15, 0.2) is 0 Å². The second-order valence-electron chi connectivity index (χ2n) is 5.03. The molecule has 21 heavy (non-hydrogen) atoms. The van der Waals surface area contributed by atoms with Gasteiger partial charge in [0.05, 0.1) is 12.1 Å². The summed E-state index contributed by atoms with van der Waals surface area (Å²) < 4.78 is 6.28. The number of benzene rings is 1. The number of pyridine rings is 1. The molecule has 2 rings (SSSR count). The highest BCUT2D eigenvalue weighted by Crippen LogP contribution is 2.29. The first-order valence-corrected chi connectivity index (χ1v) is 7.80. The number of nitrogens with zero attached hydrogens (tertiary/aromatic N) is 1. The lowest BCUT2D eigenvalue weighted by Gasteiger charge is -2.16. The van der Waals surface area contributed by atoms with E-state index in [-0.39, 0.29) is 6.04 Å². The Hall–Kier alpha value is -1.10. The summed E-state index contributed by atoms with van der Waals surface area (Å²) in [5.74, 6) is 0.879. The number of methoxy groups -OCH3 is 1. The third-order valence-electron chi connectivity index (χ3n) is 3.53. The van der Waals surface area contributed by atoms with Gasteiger partial charge in [0.25, 0.3) is 0 Å². The predicted octanol–water partition coefficient (Wildman–Crippen LogP) is 4.37. The van der Waals surface area contributed by atoms with Crippen LogP contribution >= 0.6 is 27.5 Å². The quantitative estimate of drug-likeness (QED) is 0.870. The van der Waals surface area contributed by atoms with Gasteiger partial charge >= 0.3 is 0 Å². The van der Waals surface area contributed by atoms with Gasteiger partial charge < -0.3 is 10.5 Å². The van der Waals surface area contributed by atoms with E-state index in [0.717, 1.165) is 32.6 Å². The van der Waals surface area contributed by atoms with Crippen LogP contribution in [0.3, 0.4) is 0 Å². The van der Waals surface area contributed by atoms with Crippen molar-refractivity contribution in [3.63, 3.8) is 0 Å². The van der Waals surface area contributed by atoms with Crippen LogP contribution in [0.15, 0.2) is 28.9 Å². The summed E-state index contributed by atoms with van der Waals surface area (Å²) in [6.45, 7) is 4.00. The molecule has 2 N–H and O–H groups in total. The molecule has 5 heteroatoms. The third kappa shape index (κ3) is 3.57. The van der Waals surface area contributed by atoms with Gasteiger partial charge in [0.1, 0.15) is 5.75 Å². The number of ether oxygens (including phenoxy) is 1. The average Bonchev–Trinajstić information content (AvgIpc) is 2.45. The zero-order valence-corrected chi connectivity index (χ0v) is 14.6. The van der Waals surface area contributed by atoms with Crippen LogP contribution in [0.4, 0.5) is 0 Å². The molecule has 0 aliphatic carbocycles. The zero-order chi connectivity index (χ0) is 15.6. The number of nitrogens with two attached hydrogens (primary N) is 1. The Bertz CT molecular complexity index is 661. The van der Waals surface area contributed by atoms with E-state index < -0.39 is 0 Å². The second-order valence-corrected chi connectivity index (χ2v) is 6.29. The van der Waals surface area contributed by atoms with Gasteiger partial charge in [-0.3, -0.25) is 4.98 Å². The first-order chi connectivity index (χ1) is 9.93. The number of hydrogen-bond acceptors (Lipinski definition) is 3. The molecule has 0 saturated carbocycles. The fraction of sp³-hybridized carbons (Fsp3) is 0.312.